The smallest absolute Gasteiger partial charge is 0.349 e. The number of aromatic nitrogens is 5. The number of rotatable bonds is 5. The highest BCUT2D eigenvalue weighted by Gasteiger charge is 2.36. The number of amides is 1. The summed E-state index contributed by atoms with van der Waals surface area (Å²) in [6, 6.07) is 5.11. The van der Waals surface area contributed by atoms with E-state index in [4.69, 9.17) is 17.3 Å². The van der Waals surface area contributed by atoms with Crippen LogP contribution < -0.4 is 16.4 Å². The number of nitrogens with one attached hydrogen (secondary N) is 3. The van der Waals surface area contributed by atoms with Crippen LogP contribution in [0, 0.1) is 0 Å². The van der Waals surface area contributed by atoms with Gasteiger partial charge in [0.1, 0.15) is 5.69 Å². The number of aromatic amines is 1. The maximum Gasteiger partial charge on any atom is 0.433 e. The number of fused-ring (bicyclic) bond motifs is 1. The highest BCUT2D eigenvalue weighted by molar-refractivity contribution is 6.34. The lowest BCUT2D eigenvalue weighted by molar-refractivity contribution is -0.140. The van der Waals surface area contributed by atoms with Gasteiger partial charge >= 0.3 is 6.18 Å². The number of halogens is 4. The fourth-order valence-corrected chi connectivity index (χ4v) is 4.61. The molecule has 0 radical (unpaired) electrons. The number of benzene rings is 1. The lowest BCUT2D eigenvalue weighted by Gasteiger charge is -2.27. The summed E-state index contributed by atoms with van der Waals surface area (Å²) in [4.78, 5) is 21.2. The summed E-state index contributed by atoms with van der Waals surface area (Å²) < 4.78 is 41.5. The Kier molecular flexibility index (Phi) is 6.31. The average molecular weight is 519 g/mol. The summed E-state index contributed by atoms with van der Waals surface area (Å²) >= 11 is 6.40. The molecule has 4 aromatic rings. The summed E-state index contributed by atoms with van der Waals surface area (Å²) in [6.07, 6.45) is 4.17. The number of nitrogens with zero attached hydrogens (tertiary/aromatic N) is 4. The van der Waals surface area contributed by atoms with Gasteiger partial charge < -0.3 is 16.4 Å². The van der Waals surface area contributed by atoms with E-state index in [0.29, 0.717) is 22.7 Å². The van der Waals surface area contributed by atoms with Crippen LogP contribution in [0.15, 0.2) is 43.0 Å². The van der Waals surface area contributed by atoms with Crippen LogP contribution >= 0.6 is 11.6 Å². The molecule has 1 amide bonds. The maximum absolute atomic E-state index is 13.3. The zero-order valence-electron chi connectivity index (χ0n) is 18.8. The minimum Gasteiger partial charge on any atom is -0.349 e. The van der Waals surface area contributed by atoms with Gasteiger partial charge in [0.2, 0.25) is 0 Å². The molecule has 5 rings (SSSR count). The molecule has 13 heteroatoms. The third-order valence-corrected chi connectivity index (χ3v) is 6.52. The van der Waals surface area contributed by atoms with E-state index >= 15 is 0 Å². The van der Waals surface area contributed by atoms with Gasteiger partial charge in [-0.05, 0) is 43.9 Å². The van der Waals surface area contributed by atoms with E-state index in [2.05, 4.69) is 25.7 Å². The van der Waals surface area contributed by atoms with Crippen molar-refractivity contribution in [2.24, 2.45) is 5.73 Å². The van der Waals surface area contributed by atoms with Gasteiger partial charge in [-0.15, -0.1) is 0 Å². The monoisotopic (exact) mass is 518 g/mol. The number of hydrogen-bond donors (Lipinski definition) is 4. The molecule has 3 aromatic heterocycles. The first-order valence-electron chi connectivity index (χ1n) is 11.3. The van der Waals surface area contributed by atoms with Crippen molar-refractivity contribution < 1.29 is 18.0 Å². The van der Waals surface area contributed by atoms with E-state index < -0.39 is 11.9 Å². The Hall–Kier alpha value is -3.64. The number of nitrogens with two attached hydrogens (primary N) is 1. The van der Waals surface area contributed by atoms with E-state index in [1.165, 1.54) is 23.0 Å². The fourth-order valence-electron chi connectivity index (χ4n) is 4.34. The second kappa shape index (κ2) is 9.43. The van der Waals surface area contributed by atoms with Gasteiger partial charge in [-0.2, -0.15) is 18.3 Å². The van der Waals surface area contributed by atoms with Crippen molar-refractivity contribution in [2.75, 3.05) is 5.32 Å². The van der Waals surface area contributed by atoms with Crippen LogP contribution in [0.4, 0.5) is 24.7 Å². The minimum absolute atomic E-state index is 0.0655. The van der Waals surface area contributed by atoms with Crippen LogP contribution in [0.5, 0.6) is 0 Å². The Labute approximate surface area is 208 Å². The van der Waals surface area contributed by atoms with E-state index in [9.17, 15) is 18.0 Å². The minimum atomic E-state index is -4.60. The van der Waals surface area contributed by atoms with Crippen LogP contribution in [0.1, 0.15) is 41.7 Å². The van der Waals surface area contributed by atoms with Gasteiger partial charge in [0.15, 0.2) is 11.5 Å². The average Bonchev–Trinajstić information content (AvgIpc) is 3.48. The van der Waals surface area contributed by atoms with Crippen molar-refractivity contribution in [3.8, 4) is 11.3 Å². The maximum atomic E-state index is 13.3. The Morgan fingerprint density at radius 2 is 1.94 bits per heavy atom. The molecular formula is C23H22ClF3N8O. The van der Waals surface area contributed by atoms with Gasteiger partial charge in [-0.25, -0.2) is 9.97 Å². The normalized spacial score (nSPS) is 18.4. The lowest BCUT2D eigenvalue weighted by atomic mass is 9.91. The highest BCUT2D eigenvalue weighted by atomic mass is 35.5. The number of H-pyrrole nitrogens is 1. The molecule has 0 saturated heterocycles. The molecule has 9 nitrogen and oxygen atoms in total. The van der Waals surface area contributed by atoms with Crippen LogP contribution in [-0.2, 0) is 6.18 Å². The SMILES string of the molecule is NC1CCC(NC(=O)c2ccc(Nc3nccn4c(-c5cn[nH]c5C(F)(F)F)cnc34)cc2Cl)CC1. The van der Waals surface area contributed by atoms with Crippen molar-refractivity contribution in [1.82, 2.24) is 29.9 Å². The van der Waals surface area contributed by atoms with Crippen LogP contribution in [0.25, 0.3) is 16.9 Å². The van der Waals surface area contributed by atoms with Gasteiger partial charge in [0.25, 0.3) is 5.91 Å². The number of imidazole rings is 1. The van der Waals surface area contributed by atoms with Gasteiger partial charge in [0, 0.05) is 30.2 Å². The molecule has 0 unspecified atom stereocenters. The summed E-state index contributed by atoms with van der Waals surface area (Å²) in [5, 5.41) is 11.9. The highest BCUT2D eigenvalue weighted by Crippen LogP contribution is 2.36. The molecule has 36 heavy (non-hydrogen) atoms. The lowest BCUT2D eigenvalue weighted by Crippen LogP contribution is -2.40. The first kappa shape index (κ1) is 24.1. The van der Waals surface area contributed by atoms with Crippen LogP contribution in [0.3, 0.4) is 0 Å². The molecule has 0 spiro atoms. The number of hydrogen-bond acceptors (Lipinski definition) is 6. The second-order valence-corrected chi connectivity index (χ2v) is 9.08. The van der Waals surface area contributed by atoms with Crippen molar-refractivity contribution >= 4 is 34.7 Å². The molecule has 5 N–H and O–H groups in total. The van der Waals surface area contributed by atoms with E-state index in [0.717, 1.165) is 31.9 Å². The molecule has 1 fully saturated rings. The molecular weight excluding hydrogens is 497 g/mol. The first-order chi connectivity index (χ1) is 17.2. The van der Waals surface area contributed by atoms with Gasteiger partial charge in [-0.1, -0.05) is 11.6 Å². The first-order valence-corrected chi connectivity index (χ1v) is 11.6. The Morgan fingerprint density at radius 3 is 2.67 bits per heavy atom. The number of alkyl halides is 3. The summed E-state index contributed by atoms with van der Waals surface area (Å²) in [5.74, 6) is 0.0401. The molecule has 188 valence electrons. The van der Waals surface area contributed by atoms with Gasteiger partial charge in [-0.3, -0.25) is 14.3 Å². The summed E-state index contributed by atoms with van der Waals surface area (Å²) in [7, 11) is 0. The summed E-state index contributed by atoms with van der Waals surface area (Å²) in [6.45, 7) is 0. The van der Waals surface area contributed by atoms with Crippen molar-refractivity contribution in [2.45, 2.75) is 43.9 Å². The molecule has 1 aliphatic carbocycles. The number of carbonyl (C=O) groups is 1. The third-order valence-electron chi connectivity index (χ3n) is 6.21. The second-order valence-electron chi connectivity index (χ2n) is 8.67. The quantitative estimate of drug-likeness (QED) is 0.307. The van der Waals surface area contributed by atoms with Gasteiger partial charge in [0.05, 0.1) is 34.2 Å². The van der Waals surface area contributed by atoms with Crippen molar-refractivity contribution in [3.63, 3.8) is 0 Å². The topological polar surface area (TPSA) is 126 Å². The van der Waals surface area contributed by atoms with Crippen LogP contribution in [-0.4, -0.2) is 42.6 Å². The van der Waals surface area contributed by atoms with Crippen LogP contribution in [0.2, 0.25) is 5.02 Å². The Bertz CT molecular complexity index is 1410. The number of carbonyl (C=O) groups excluding carboxylic acids is 1. The predicted molar refractivity (Wildman–Crippen MR) is 128 cm³/mol. The number of anilines is 2. The van der Waals surface area contributed by atoms with Crippen molar-refractivity contribution in [3.05, 3.63) is 59.3 Å². The standard InChI is InChI=1S/C23H22ClF3N8O/c24-17-9-14(5-6-15(17)22(36)33-13-3-1-12(28)2-4-13)32-20-21-30-11-18(35(21)8-7-29-20)16-10-31-34-19(16)23(25,26)27/h5-13H,1-4,28H2,(H,29,32)(H,31,34)(H,33,36). The largest absolute Gasteiger partial charge is 0.433 e. The molecule has 3 heterocycles. The van der Waals surface area contributed by atoms with E-state index in [-0.39, 0.29) is 34.3 Å². The molecule has 1 saturated carbocycles. The zero-order chi connectivity index (χ0) is 25.4. The Balaban J connectivity index is 1.37. The van der Waals surface area contributed by atoms with E-state index in [1.807, 2.05) is 5.10 Å². The molecule has 1 aromatic carbocycles. The predicted octanol–water partition coefficient (Wildman–Crippen LogP) is 4.53. The molecule has 1 aliphatic rings. The zero-order valence-corrected chi connectivity index (χ0v) is 19.6. The third kappa shape index (κ3) is 4.73. The fraction of sp³-hybridized carbons (Fsp3) is 0.304. The van der Waals surface area contributed by atoms with Crippen molar-refractivity contribution in [1.29, 1.82) is 0 Å². The molecule has 0 bridgehead atoms. The Morgan fingerprint density at radius 1 is 1.17 bits per heavy atom. The van der Waals surface area contributed by atoms with E-state index in [1.54, 1.807) is 18.2 Å². The summed E-state index contributed by atoms with van der Waals surface area (Å²) in [5.41, 5.74) is 6.20. The molecule has 0 atom stereocenters. The molecule has 0 aliphatic heterocycles.